The minimum atomic E-state index is -4.48. The predicted molar refractivity (Wildman–Crippen MR) is 101 cm³/mol. The van der Waals surface area contributed by atoms with Crippen molar-refractivity contribution in [2.24, 2.45) is 0 Å². The summed E-state index contributed by atoms with van der Waals surface area (Å²) in [5, 5.41) is 11.9. The zero-order valence-corrected chi connectivity index (χ0v) is 16.0. The maximum atomic E-state index is 12.6. The van der Waals surface area contributed by atoms with Crippen LogP contribution in [-0.4, -0.2) is 21.3 Å². The minimum Gasteiger partial charge on any atom is -0.452 e. The molecule has 0 radical (unpaired) electrons. The lowest BCUT2D eigenvalue weighted by molar-refractivity contribution is -0.137. The van der Waals surface area contributed by atoms with Crippen molar-refractivity contribution >= 4 is 5.97 Å². The molecule has 2 aromatic heterocycles. The van der Waals surface area contributed by atoms with Crippen molar-refractivity contribution in [3.8, 4) is 22.7 Å². The second-order valence-electron chi connectivity index (χ2n) is 6.48. The number of alkyl halides is 3. The number of aromatic nitrogens is 3. The third-order valence-corrected chi connectivity index (χ3v) is 4.37. The molecule has 158 valence electrons. The molecule has 10 heteroatoms. The Labute approximate surface area is 173 Å². The first-order chi connectivity index (χ1) is 14.8. The largest absolute Gasteiger partial charge is 0.452 e. The number of carbonyl (C=O) groups excluding carboxylic acids is 1. The van der Waals surface area contributed by atoms with Gasteiger partial charge >= 0.3 is 12.1 Å². The summed E-state index contributed by atoms with van der Waals surface area (Å²) in [6.45, 7) is 1.35. The molecule has 0 saturated carbocycles. The Morgan fingerprint density at radius 2 is 1.74 bits per heavy atom. The Bertz CT molecular complexity index is 1200. The summed E-state index contributed by atoms with van der Waals surface area (Å²) >= 11 is 0. The molecule has 0 aliphatic rings. The van der Waals surface area contributed by atoms with Crippen molar-refractivity contribution < 1.29 is 31.6 Å². The zero-order valence-electron chi connectivity index (χ0n) is 16.0. The van der Waals surface area contributed by atoms with Crippen molar-refractivity contribution in [3.63, 3.8) is 0 Å². The molecular formula is C21H14F3N3O4. The maximum absolute atomic E-state index is 12.6. The van der Waals surface area contributed by atoms with E-state index in [9.17, 15) is 18.0 Å². The second kappa shape index (κ2) is 8.05. The molecule has 4 rings (SSSR count). The number of rotatable bonds is 5. The zero-order chi connectivity index (χ0) is 22.0. The van der Waals surface area contributed by atoms with Gasteiger partial charge in [-0.05, 0) is 31.2 Å². The number of halogens is 3. The molecule has 0 aliphatic heterocycles. The number of hydrogen-bond acceptors (Lipinski definition) is 7. The molecule has 0 unspecified atom stereocenters. The molecule has 0 atom stereocenters. The molecular weight excluding hydrogens is 415 g/mol. The van der Waals surface area contributed by atoms with Crippen LogP contribution in [0, 0.1) is 6.92 Å². The van der Waals surface area contributed by atoms with Gasteiger partial charge in [0.25, 0.3) is 11.8 Å². The highest BCUT2D eigenvalue weighted by Crippen LogP contribution is 2.33. The molecule has 4 aromatic rings. The Balaban J connectivity index is 1.47. The number of esters is 1. The summed E-state index contributed by atoms with van der Waals surface area (Å²) in [4.78, 5) is 12.1. The van der Waals surface area contributed by atoms with Crippen molar-refractivity contribution in [2.45, 2.75) is 19.7 Å². The van der Waals surface area contributed by atoms with Crippen molar-refractivity contribution in [1.82, 2.24) is 15.4 Å². The molecule has 0 fully saturated rings. The van der Waals surface area contributed by atoms with Gasteiger partial charge in [-0.3, -0.25) is 0 Å². The number of carbonyl (C=O) groups is 1. The van der Waals surface area contributed by atoms with Crippen LogP contribution in [0.4, 0.5) is 13.2 Å². The molecule has 0 N–H and O–H groups in total. The summed E-state index contributed by atoms with van der Waals surface area (Å²) < 4.78 is 53.8. The molecule has 0 amide bonds. The average Bonchev–Trinajstić information content (AvgIpc) is 3.38. The highest BCUT2D eigenvalue weighted by atomic mass is 19.4. The fraction of sp³-hybridized carbons (Fsp3) is 0.143. The summed E-state index contributed by atoms with van der Waals surface area (Å²) in [5.74, 6) is -0.205. The lowest BCUT2D eigenvalue weighted by Crippen LogP contribution is -2.08. The van der Waals surface area contributed by atoms with Crippen LogP contribution in [0.15, 0.2) is 63.5 Å². The highest BCUT2D eigenvalue weighted by Gasteiger charge is 2.30. The van der Waals surface area contributed by atoms with Crippen molar-refractivity contribution in [2.75, 3.05) is 0 Å². The lowest BCUT2D eigenvalue weighted by Gasteiger charge is -2.07. The normalized spacial score (nSPS) is 11.5. The van der Waals surface area contributed by atoms with Gasteiger partial charge in [-0.1, -0.05) is 35.5 Å². The summed E-state index contributed by atoms with van der Waals surface area (Å²) in [7, 11) is 0. The van der Waals surface area contributed by atoms with E-state index in [1.165, 1.54) is 0 Å². The quantitative estimate of drug-likeness (QED) is 0.409. The fourth-order valence-electron chi connectivity index (χ4n) is 2.84. The van der Waals surface area contributed by atoms with Gasteiger partial charge in [-0.2, -0.15) is 13.2 Å². The molecule has 2 aromatic carbocycles. The second-order valence-corrected chi connectivity index (χ2v) is 6.48. The number of aryl methyl sites for hydroxylation is 1. The number of benzene rings is 2. The van der Waals surface area contributed by atoms with Crippen LogP contribution in [0.1, 0.15) is 27.6 Å². The van der Waals surface area contributed by atoms with E-state index >= 15 is 0 Å². The topological polar surface area (TPSA) is 91.3 Å². The molecule has 2 heterocycles. The van der Waals surface area contributed by atoms with E-state index in [0.717, 1.165) is 29.8 Å². The monoisotopic (exact) mass is 429 g/mol. The first-order valence-electron chi connectivity index (χ1n) is 9.02. The first-order valence-corrected chi connectivity index (χ1v) is 9.02. The molecule has 31 heavy (non-hydrogen) atoms. The molecule has 7 nitrogen and oxygen atoms in total. The minimum absolute atomic E-state index is 0.00914. The van der Waals surface area contributed by atoms with Gasteiger partial charge in [0.15, 0.2) is 6.61 Å². The third-order valence-electron chi connectivity index (χ3n) is 4.37. The van der Waals surface area contributed by atoms with Crippen LogP contribution >= 0.6 is 0 Å². The molecule has 0 aliphatic carbocycles. The van der Waals surface area contributed by atoms with Gasteiger partial charge in [0.05, 0.1) is 11.1 Å². The number of ether oxygens (including phenoxy) is 1. The van der Waals surface area contributed by atoms with E-state index in [0.29, 0.717) is 17.0 Å². The van der Waals surface area contributed by atoms with Crippen LogP contribution in [-0.2, 0) is 17.5 Å². The van der Waals surface area contributed by atoms with Crippen molar-refractivity contribution in [1.29, 1.82) is 0 Å². The molecule has 0 spiro atoms. The van der Waals surface area contributed by atoms with E-state index in [4.69, 9.17) is 13.7 Å². The molecule has 0 saturated heterocycles. The van der Waals surface area contributed by atoms with Gasteiger partial charge < -0.3 is 13.7 Å². The maximum Gasteiger partial charge on any atom is 0.416 e. The lowest BCUT2D eigenvalue weighted by atomic mass is 10.1. The van der Waals surface area contributed by atoms with Gasteiger partial charge in [0, 0.05) is 5.56 Å². The van der Waals surface area contributed by atoms with Gasteiger partial charge in [-0.15, -0.1) is 10.2 Å². The molecule has 0 bridgehead atoms. The van der Waals surface area contributed by atoms with Crippen LogP contribution in [0.2, 0.25) is 0 Å². The Kier molecular flexibility index (Phi) is 5.28. The number of nitrogens with zero attached hydrogens (tertiary/aromatic N) is 3. The van der Waals surface area contributed by atoms with E-state index in [1.807, 2.05) is 30.3 Å². The smallest absolute Gasteiger partial charge is 0.416 e. The van der Waals surface area contributed by atoms with Crippen molar-refractivity contribution in [3.05, 3.63) is 77.4 Å². The van der Waals surface area contributed by atoms with Crippen LogP contribution in [0.3, 0.4) is 0 Å². The van der Waals surface area contributed by atoms with Crippen LogP contribution in [0.25, 0.3) is 22.7 Å². The van der Waals surface area contributed by atoms with E-state index in [2.05, 4.69) is 15.4 Å². The highest BCUT2D eigenvalue weighted by molar-refractivity contribution is 5.89. The first kappa shape index (κ1) is 20.3. The summed E-state index contributed by atoms with van der Waals surface area (Å²) in [6.07, 6.45) is -4.48. The Hall–Kier alpha value is -3.95. The number of hydrogen-bond donors (Lipinski definition) is 0. The van der Waals surface area contributed by atoms with E-state index in [1.54, 1.807) is 6.92 Å². The van der Waals surface area contributed by atoms with Gasteiger partial charge in [0.2, 0.25) is 0 Å². The van der Waals surface area contributed by atoms with Crippen LogP contribution < -0.4 is 0 Å². The Morgan fingerprint density at radius 1 is 1.03 bits per heavy atom. The average molecular weight is 429 g/mol. The van der Waals surface area contributed by atoms with E-state index in [-0.39, 0.29) is 24.0 Å². The van der Waals surface area contributed by atoms with Gasteiger partial charge in [0.1, 0.15) is 17.0 Å². The standard InChI is InChI=1S/C21H14F3N3O4/c1-12-17(18(27-31-12)13-5-3-2-4-6-13)19-26-25-16(30-19)11-29-20(28)14-7-9-15(10-8-14)21(22,23)24/h2-10H,11H2,1H3. The summed E-state index contributed by atoms with van der Waals surface area (Å²) in [6, 6.07) is 13.0. The Morgan fingerprint density at radius 3 is 2.42 bits per heavy atom. The van der Waals surface area contributed by atoms with Gasteiger partial charge in [-0.25, -0.2) is 4.79 Å². The summed E-state index contributed by atoms with van der Waals surface area (Å²) in [5.41, 5.74) is 0.940. The third kappa shape index (κ3) is 4.32. The fourth-order valence-corrected chi connectivity index (χ4v) is 2.84. The predicted octanol–water partition coefficient (Wildman–Crippen LogP) is 5.08. The SMILES string of the molecule is Cc1onc(-c2ccccc2)c1-c1nnc(COC(=O)c2ccc(C(F)(F)F)cc2)o1. The van der Waals surface area contributed by atoms with E-state index < -0.39 is 17.7 Å². The van der Waals surface area contributed by atoms with Crippen LogP contribution in [0.5, 0.6) is 0 Å².